The quantitative estimate of drug-likeness (QED) is 0.605. The molecular formula is C21H27ClN2O4. The first-order valence-corrected chi connectivity index (χ1v) is 9.33. The van der Waals surface area contributed by atoms with E-state index in [0.29, 0.717) is 48.5 Å². The van der Waals surface area contributed by atoms with Crippen molar-refractivity contribution in [1.29, 1.82) is 0 Å². The van der Waals surface area contributed by atoms with E-state index >= 15 is 0 Å². The van der Waals surface area contributed by atoms with Gasteiger partial charge < -0.3 is 19.1 Å². The molecule has 0 unspecified atom stereocenters. The first-order chi connectivity index (χ1) is 13.4. The second kappa shape index (κ2) is 10.8. The third-order valence-electron chi connectivity index (χ3n) is 4.27. The van der Waals surface area contributed by atoms with E-state index in [1.807, 2.05) is 48.3 Å². The average Bonchev–Trinajstić information content (AvgIpc) is 2.69. The minimum absolute atomic E-state index is 0.0232. The van der Waals surface area contributed by atoms with Gasteiger partial charge in [-0.15, -0.1) is 0 Å². The number of hydrogen-bond donors (Lipinski definition) is 0. The molecule has 28 heavy (non-hydrogen) atoms. The zero-order valence-electron chi connectivity index (χ0n) is 16.8. The van der Waals surface area contributed by atoms with Crippen molar-refractivity contribution in [3.63, 3.8) is 0 Å². The number of halogens is 1. The summed E-state index contributed by atoms with van der Waals surface area (Å²) < 4.78 is 16.2. The lowest BCUT2D eigenvalue weighted by Gasteiger charge is -2.22. The summed E-state index contributed by atoms with van der Waals surface area (Å²) >= 11 is 6.07. The molecule has 0 fully saturated rings. The Morgan fingerprint density at radius 1 is 1.00 bits per heavy atom. The minimum atomic E-state index is 0.0232. The number of hydrogen-bond acceptors (Lipinski definition) is 5. The molecule has 2 aromatic carbocycles. The molecule has 2 aromatic rings. The van der Waals surface area contributed by atoms with E-state index in [0.717, 1.165) is 5.56 Å². The molecule has 2 rings (SSSR count). The van der Waals surface area contributed by atoms with Crippen LogP contribution >= 0.6 is 11.6 Å². The molecule has 0 saturated heterocycles. The number of nitrogens with zero attached hydrogens (tertiary/aromatic N) is 2. The van der Waals surface area contributed by atoms with Crippen LogP contribution in [0.15, 0.2) is 42.5 Å². The maximum Gasteiger partial charge on any atom is 0.236 e. The van der Waals surface area contributed by atoms with Crippen LogP contribution in [0.1, 0.15) is 5.56 Å². The molecule has 0 heterocycles. The lowest BCUT2D eigenvalue weighted by atomic mass is 10.2. The smallest absolute Gasteiger partial charge is 0.236 e. The fraction of sp³-hybridized carbons (Fsp3) is 0.381. The molecule has 0 atom stereocenters. The number of carbonyl (C=O) groups is 1. The number of likely N-dealkylation sites (N-methyl/N-ethyl adjacent to an activating group) is 2. The predicted octanol–water partition coefficient (Wildman–Crippen LogP) is 3.33. The van der Waals surface area contributed by atoms with Crippen molar-refractivity contribution < 1.29 is 19.0 Å². The largest absolute Gasteiger partial charge is 0.493 e. The highest BCUT2D eigenvalue weighted by atomic mass is 35.5. The Bertz CT molecular complexity index is 785. The van der Waals surface area contributed by atoms with Gasteiger partial charge in [0.1, 0.15) is 12.4 Å². The van der Waals surface area contributed by atoms with Crippen LogP contribution in [0.2, 0.25) is 5.02 Å². The number of para-hydroxylation sites is 1. The van der Waals surface area contributed by atoms with Gasteiger partial charge in [-0.2, -0.15) is 0 Å². The minimum Gasteiger partial charge on any atom is -0.493 e. The van der Waals surface area contributed by atoms with E-state index in [1.165, 1.54) is 0 Å². The summed E-state index contributed by atoms with van der Waals surface area (Å²) in [4.78, 5) is 16.1. The van der Waals surface area contributed by atoms with Crippen molar-refractivity contribution >= 4 is 17.5 Å². The lowest BCUT2D eigenvalue weighted by Crippen LogP contribution is -2.37. The van der Waals surface area contributed by atoms with Crippen LogP contribution in [0.25, 0.3) is 0 Å². The average molecular weight is 407 g/mol. The standard InChI is InChI=1S/C21H27ClN2O4/c1-23(11-12-28-18-8-6-5-7-17(18)22)15-21(25)24(2)14-16-9-10-19(26-3)20(13-16)27-4/h5-10,13H,11-12,14-15H2,1-4H3. The van der Waals surface area contributed by atoms with Crippen molar-refractivity contribution in [2.75, 3.05) is 48.0 Å². The van der Waals surface area contributed by atoms with E-state index in [2.05, 4.69) is 0 Å². The summed E-state index contributed by atoms with van der Waals surface area (Å²) in [6.07, 6.45) is 0. The van der Waals surface area contributed by atoms with Crippen LogP contribution in [0, 0.1) is 0 Å². The van der Waals surface area contributed by atoms with Crippen LogP contribution in [0.4, 0.5) is 0 Å². The van der Waals surface area contributed by atoms with Gasteiger partial charge in [0.2, 0.25) is 5.91 Å². The number of carbonyl (C=O) groups excluding carboxylic acids is 1. The fourth-order valence-corrected chi connectivity index (χ4v) is 2.84. The molecule has 0 aliphatic rings. The Hall–Kier alpha value is -2.44. The summed E-state index contributed by atoms with van der Waals surface area (Å²) in [7, 11) is 6.86. The molecular weight excluding hydrogens is 380 g/mol. The number of amides is 1. The van der Waals surface area contributed by atoms with Gasteiger partial charge in [0, 0.05) is 20.1 Å². The number of ether oxygens (including phenoxy) is 3. The predicted molar refractivity (Wildman–Crippen MR) is 110 cm³/mol. The van der Waals surface area contributed by atoms with Gasteiger partial charge in [0.05, 0.1) is 25.8 Å². The Labute approximate surface area is 171 Å². The Morgan fingerprint density at radius 3 is 2.39 bits per heavy atom. The molecule has 0 aliphatic carbocycles. The van der Waals surface area contributed by atoms with Crippen molar-refractivity contribution in [2.45, 2.75) is 6.54 Å². The van der Waals surface area contributed by atoms with Gasteiger partial charge in [-0.3, -0.25) is 9.69 Å². The highest BCUT2D eigenvalue weighted by Gasteiger charge is 2.14. The zero-order valence-corrected chi connectivity index (χ0v) is 17.5. The number of rotatable bonds is 10. The molecule has 0 N–H and O–H groups in total. The summed E-state index contributed by atoms with van der Waals surface area (Å²) in [6.45, 7) is 1.85. The topological polar surface area (TPSA) is 51.2 Å². The molecule has 0 bridgehead atoms. The highest BCUT2D eigenvalue weighted by Crippen LogP contribution is 2.28. The van der Waals surface area contributed by atoms with E-state index in [9.17, 15) is 4.79 Å². The van der Waals surface area contributed by atoms with E-state index in [-0.39, 0.29) is 5.91 Å². The maximum absolute atomic E-state index is 12.5. The van der Waals surface area contributed by atoms with Crippen LogP contribution in [-0.2, 0) is 11.3 Å². The maximum atomic E-state index is 12.5. The van der Waals surface area contributed by atoms with Crippen molar-refractivity contribution in [3.8, 4) is 17.2 Å². The van der Waals surface area contributed by atoms with Gasteiger partial charge in [0.25, 0.3) is 0 Å². The Kier molecular flexibility index (Phi) is 8.42. The molecule has 1 amide bonds. The highest BCUT2D eigenvalue weighted by molar-refractivity contribution is 6.32. The van der Waals surface area contributed by atoms with E-state index < -0.39 is 0 Å². The number of methoxy groups -OCH3 is 2. The van der Waals surface area contributed by atoms with E-state index in [4.69, 9.17) is 25.8 Å². The van der Waals surface area contributed by atoms with Gasteiger partial charge in [-0.1, -0.05) is 29.8 Å². The summed E-state index contributed by atoms with van der Waals surface area (Å²) in [5.74, 6) is 1.98. The van der Waals surface area contributed by atoms with Crippen LogP contribution < -0.4 is 14.2 Å². The third kappa shape index (κ3) is 6.32. The van der Waals surface area contributed by atoms with Gasteiger partial charge >= 0.3 is 0 Å². The number of benzene rings is 2. The molecule has 0 radical (unpaired) electrons. The first-order valence-electron chi connectivity index (χ1n) is 8.95. The van der Waals surface area contributed by atoms with Crippen LogP contribution in [-0.4, -0.2) is 63.7 Å². The van der Waals surface area contributed by atoms with E-state index in [1.54, 1.807) is 32.2 Å². The molecule has 6 nitrogen and oxygen atoms in total. The second-order valence-electron chi connectivity index (χ2n) is 6.46. The molecule has 0 aromatic heterocycles. The summed E-state index contributed by atoms with van der Waals surface area (Å²) in [5, 5.41) is 0.580. The zero-order chi connectivity index (χ0) is 20.5. The normalized spacial score (nSPS) is 10.6. The van der Waals surface area contributed by atoms with Crippen molar-refractivity contribution in [3.05, 3.63) is 53.1 Å². The monoisotopic (exact) mass is 406 g/mol. The Balaban J connectivity index is 1.80. The van der Waals surface area contributed by atoms with Crippen molar-refractivity contribution in [2.24, 2.45) is 0 Å². The summed E-state index contributed by atoms with van der Waals surface area (Å²) in [6, 6.07) is 13.0. The molecule has 0 spiro atoms. The molecule has 7 heteroatoms. The van der Waals surface area contributed by atoms with Gasteiger partial charge in [-0.05, 0) is 36.9 Å². The Morgan fingerprint density at radius 2 is 1.71 bits per heavy atom. The second-order valence-corrected chi connectivity index (χ2v) is 6.86. The van der Waals surface area contributed by atoms with Gasteiger partial charge in [-0.25, -0.2) is 0 Å². The SMILES string of the molecule is COc1ccc(CN(C)C(=O)CN(C)CCOc2ccccc2Cl)cc1OC. The molecule has 152 valence electrons. The van der Waals surface area contributed by atoms with Gasteiger partial charge in [0.15, 0.2) is 11.5 Å². The van der Waals surface area contributed by atoms with Crippen LogP contribution in [0.5, 0.6) is 17.2 Å². The first kappa shape index (κ1) is 21.9. The fourth-order valence-electron chi connectivity index (χ4n) is 2.64. The lowest BCUT2D eigenvalue weighted by molar-refractivity contribution is -0.131. The van der Waals surface area contributed by atoms with Crippen molar-refractivity contribution in [1.82, 2.24) is 9.80 Å². The van der Waals surface area contributed by atoms with Crippen LogP contribution in [0.3, 0.4) is 0 Å². The molecule has 0 aliphatic heterocycles. The summed E-state index contributed by atoms with van der Waals surface area (Å²) in [5.41, 5.74) is 0.971. The third-order valence-corrected chi connectivity index (χ3v) is 4.58. The molecule has 0 saturated carbocycles.